The van der Waals surface area contributed by atoms with Gasteiger partial charge in [0.25, 0.3) is 0 Å². The summed E-state index contributed by atoms with van der Waals surface area (Å²) in [6.45, 7) is -2.75. The van der Waals surface area contributed by atoms with Crippen molar-refractivity contribution in [1.82, 2.24) is 9.97 Å². The van der Waals surface area contributed by atoms with Crippen LogP contribution >= 0.6 is 0 Å². The van der Waals surface area contributed by atoms with Gasteiger partial charge in [-0.2, -0.15) is 0 Å². The van der Waals surface area contributed by atoms with Gasteiger partial charge in [-0.15, -0.1) is 0 Å². The number of para-hydroxylation sites is 2. The monoisotopic (exact) mass is 290 g/mol. The van der Waals surface area contributed by atoms with E-state index in [2.05, 4.69) is 25.5 Å². The topological polar surface area (TPSA) is 57.9 Å². The number of imidazole rings is 1. The number of aromatic nitrogens is 2. The molecule has 16 heavy (non-hydrogen) atoms. The van der Waals surface area contributed by atoms with E-state index in [1.165, 1.54) is 0 Å². The molecular formula is C9H8F2N4Se. The first-order valence-electron chi connectivity index (χ1n) is 4.41. The summed E-state index contributed by atoms with van der Waals surface area (Å²) in [6, 6.07) is 7.06. The van der Waals surface area contributed by atoms with Crippen molar-refractivity contribution in [3.05, 3.63) is 24.3 Å². The standard InChI is InChI=1S/C9H8F2N4Se/c10-7(11)15(8(12)16)9-13-5-3-1-2-4-6(5)14-9/h1-4,7H,(H2,12,16)(H,13,14). The Hall–Kier alpha value is -1.46. The number of anilines is 1. The fraction of sp³-hybridized carbons (Fsp3) is 0.111. The van der Waals surface area contributed by atoms with Crippen LogP contribution in [0.3, 0.4) is 0 Å². The first kappa shape index (κ1) is 11.0. The van der Waals surface area contributed by atoms with E-state index in [4.69, 9.17) is 5.73 Å². The summed E-state index contributed by atoms with van der Waals surface area (Å²) in [5.74, 6) is 0.0208. The summed E-state index contributed by atoms with van der Waals surface area (Å²) >= 11 is 2.34. The van der Waals surface area contributed by atoms with Crippen LogP contribution in [0.25, 0.3) is 11.0 Å². The van der Waals surface area contributed by atoms with Crippen LogP contribution in [0.4, 0.5) is 14.7 Å². The van der Waals surface area contributed by atoms with Crippen LogP contribution in [-0.2, 0) is 0 Å². The Bertz CT molecular complexity index is 492. The van der Waals surface area contributed by atoms with Crippen molar-refractivity contribution in [2.45, 2.75) is 6.55 Å². The van der Waals surface area contributed by atoms with Gasteiger partial charge in [0, 0.05) is 0 Å². The van der Waals surface area contributed by atoms with Gasteiger partial charge >= 0.3 is 97.4 Å². The zero-order valence-corrected chi connectivity index (χ0v) is 9.74. The average Bonchev–Trinajstić information content (AvgIpc) is 2.58. The maximum atomic E-state index is 12.7. The van der Waals surface area contributed by atoms with Gasteiger partial charge in [0.15, 0.2) is 0 Å². The van der Waals surface area contributed by atoms with Crippen molar-refractivity contribution in [3.63, 3.8) is 0 Å². The van der Waals surface area contributed by atoms with Crippen LogP contribution in [-0.4, -0.2) is 36.8 Å². The van der Waals surface area contributed by atoms with Crippen LogP contribution in [0.2, 0.25) is 0 Å². The van der Waals surface area contributed by atoms with E-state index in [0.717, 1.165) is 0 Å². The number of hydrogen-bond acceptors (Lipinski definition) is 3. The molecule has 1 heterocycles. The second kappa shape index (κ2) is 4.19. The molecule has 3 N–H and O–H groups in total. The predicted octanol–water partition coefficient (Wildman–Crippen LogP) is 0.806. The van der Waals surface area contributed by atoms with Gasteiger partial charge in [-0.3, -0.25) is 0 Å². The number of benzene rings is 1. The fourth-order valence-electron chi connectivity index (χ4n) is 1.35. The number of nitrogens with zero attached hydrogens (tertiary/aromatic N) is 2. The molecule has 0 radical (unpaired) electrons. The van der Waals surface area contributed by atoms with Crippen molar-refractivity contribution in [2.24, 2.45) is 5.73 Å². The minimum absolute atomic E-state index is 0.0208. The number of alkyl halides is 2. The zero-order valence-electron chi connectivity index (χ0n) is 8.02. The van der Waals surface area contributed by atoms with Crippen LogP contribution in [0, 0.1) is 0 Å². The Kier molecular flexibility index (Phi) is 2.89. The van der Waals surface area contributed by atoms with Gasteiger partial charge in [-0.1, -0.05) is 0 Å². The molecule has 0 unspecified atom stereocenters. The van der Waals surface area contributed by atoms with E-state index in [9.17, 15) is 8.78 Å². The van der Waals surface area contributed by atoms with Crippen LogP contribution in [0.15, 0.2) is 24.3 Å². The Balaban J connectivity index is 2.49. The Labute approximate surface area is 97.8 Å². The van der Waals surface area contributed by atoms with Crippen LogP contribution in [0.1, 0.15) is 0 Å². The number of rotatable bonds is 3. The molecule has 0 saturated heterocycles. The molecule has 0 bridgehead atoms. The molecule has 0 amide bonds. The van der Waals surface area contributed by atoms with Gasteiger partial charge in [0.05, 0.1) is 0 Å². The molecule has 4 nitrogen and oxygen atoms in total. The summed E-state index contributed by atoms with van der Waals surface area (Å²) in [7, 11) is 0. The van der Waals surface area contributed by atoms with E-state index in [1.54, 1.807) is 24.3 Å². The molecule has 7 heteroatoms. The van der Waals surface area contributed by atoms with Gasteiger partial charge in [-0.25, -0.2) is 0 Å². The molecule has 0 fully saturated rings. The van der Waals surface area contributed by atoms with E-state index in [-0.39, 0.29) is 10.6 Å². The third kappa shape index (κ3) is 1.91. The van der Waals surface area contributed by atoms with E-state index >= 15 is 0 Å². The first-order chi connectivity index (χ1) is 7.59. The van der Waals surface area contributed by atoms with Gasteiger partial charge in [-0.05, 0) is 0 Å². The molecule has 0 aliphatic heterocycles. The predicted molar refractivity (Wildman–Crippen MR) is 59.5 cm³/mol. The van der Waals surface area contributed by atoms with Crippen molar-refractivity contribution in [1.29, 1.82) is 0 Å². The molecule has 84 valence electrons. The number of aromatic amines is 1. The Morgan fingerprint density at radius 1 is 1.44 bits per heavy atom. The summed E-state index contributed by atoms with van der Waals surface area (Å²) in [4.78, 5) is 7.39. The number of hydrogen-bond donors (Lipinski definition) is 2. The maximum absolute atomic E-state index is 12.7. The Morgan fingerprint density at radius 3 is 2.69 bits per heavy atom. The van der Waals surface area contributed by atoms with Gasteiger partial charge in [0.2, 0.25) is 0 Å². The quantitative estimate of drug-likeness (QED) is 0.649. The molecule has 2 rings (SSSR count). The summed E-state index contributed by atoms with van der Waals surface area (Å²) < 4.78 is 25.3. The Morgan fingerprint density at radius 2 is 2.12 bits per heavy atom. The molecular weight excluding hydrogens is 281 g/mol. The van der Waals surface area contributed by atoms with E-state index < -0.39 is 6.55 Å². The molecule has 0 spiro atoms. The molecule has 0 aliphatic carbocycles. The van der Waals surface area contributed by atoms with Crippen molar-refractivity contribution in [2.75, 3.05) is 4.90 Å². The fourth-order valence-corrected chi connectivity index (χ4v) is 1.70. The van der Waals surface area contributed by atoms with Gasteiger partial charge < -0.3 is 0 Å². The SMILES string of the molecule is NC(=[Se])N(c1nc2ccccc2[nH]1)C(F)F. The molecule has 0 atom stereocenters. The van der Waals surface area contributed by atoms with E-state index in [1.807, 2.05) is 0 Å². The number of H-pyrrole nitrogens is 1. The molecule has 1 aromatic carbocycles. The summed E-state index contributed by atoms with van der Waals surface area (Å²) in [6.07, 6.45) is 0. The van der Waals surface area contributed by atoms with Crippen LogP contribution in [0.5, 0.6) is 0 Å². The second-order valence-electron chi connectivity index (χ2n) is 3.06. The number of nitrogens with one attached hydrogen (secondary N) is 1. The van der Waals surface area contributed by atoms with E-state index in [0.29, 0.717) is 15.9 Å². The van der Waals surface area contributed by atoms with Crippen molar-refractivity contribution >= 4 is 37.2 Å². The number of nitrogens with two attached hydrogens (primary N) is 1. The number of halogens is 2. The second-order valence-corrected chi connectivity index (χ2v) is 3.94. The zero-order chi connectivity index (χ0) is 11.7. The van der Waals surface area contributed by atoms with Gasteiger partial charge in [0.1, 0.15) is 0 Å². The number of fused-ring (bicyclic) bond motifs is 1. The summed E-state index contributed by atoms with van der Waals surface area (Å²) in [5.41, 5.74) is 6.64. The first-order valence-corrected chi connectivity index (χ1v) is 5.27. The third-order valence-corrected chi connectivity index (χ3v) is 2.45. The van der Waals surface area contributed by atoms with Crippen molar-refractivity contribution < 1.29 is 8.78 Å². The summed E-state index contributed by atoms with van der Waals surface area (Å²) in [5, 5.41) is 0. The van der Waals surface area contributed by atoms with Crippen molar-refractivity contribution in [3.8, 4) is 0 Å². The van der Waals surface area contributed by atoms with Crippen LogP contribution < -0.4 is 10.6 Å². The third-order valence-electron chi connectivity index (χ3n) is 2.04. The molecule has 0 aliphatic rings. The molecule has 2 aromatic rings. The average molecular weight is 289 g/mol. The normalized spacial score (nSPS) is 10.9. The minimum atomic E-state index is -2.75. The molecule has 1 aromatic heterocycles. The molecule has 0 saturated carbocycles.